The third kappa shape index (κ3) is 4.23. The molecule has 1 aliphatic heterocycles. The molecule has 0 radical (unpaired) electrons. The molecule has 1 aliphatic carbocycles. The highest BCUT2D eigenvalue weighted by molar-refractivity contribution is 8.12. The van der Waals surface area contributed by atoms with E-state index in [0.717, 1.165) is 23.8 Å². The number of fused-ring (bicyclic) bond motifs is 1. The number of thioether (sulfide) groups is 1. The minimum absolute atomic E-state index is 0.232. The Hall–Kier alpha value is -1.60. The standard InChI is InChI=1S/C16H21N3O3S/c17-12(15(20)21)8-10-4-3-5-11(18-10)9-23-16-19-13-6-1-2-7-14(13)22-16/h3-5,12-14H,1-2,6-9,17H2,(H,20,21)/t12?,13-,14?/m1/s1. The number of pyridine rings is 1. The molecule has 0 aromatic carbocycles. The van der Waals surface area contributed by atoms with E-state index in [4.69, 9.17) is 15.6 Å². The predicted octanol–water partition coefficient (Wildman–Crippen LogP) is 1.97. The van der Waals surface area contributed by atoms with Crippen LogP contribution in [0.4, 0.5) is 0 Å². The first-order valence-corrected chi connectivity index (χ1v) is 8.91. The van der Waals surface area contributed by atoms with Crippen molar-refractivity contribution in [2.24, 2.45) is 10.7 Å². The summed E-state index contributed by atoms with van der Waals surface area (Å²) in [6, 6.07) is 5.01. The molecule has 0 saturated heterocycles. The number of aromatic nitrogens is 1. The van der Waals surface area contributed by atoms with Crippen LogP contribution in [0.2, 0.25) is 0 Å². The molecule has 0 bridgehead atoms. The lowest BCUT2D eigenvalue weighted by Gasteiger charge is -2.21. The summed E-state index contributed by atoms with van der Waals surface area (Å²) in [6.45, 7) is 0. The molecule has 1 aromatic heterocycles. The first-order chi connectivity index (χ1) is 11.1. The van der Waals surface area contributed by atoms with E-state index < -0.39 is 12.0 Å². The van der Waals surface area contributed by atoms with Gasteiger partial charge in [-0.25, -0.2) is 4.99 Å². The number of ether oxygens (including phenoxy) is 1. The van der Waals surface area contributed by atoms with E-state index in [1.165, 1.54) is 12.8 Å². The van der Waals surface area contributed by atoms with Gasteiger partial charge in [0.05, 0.1) is 11.7 Å². The van der Waals surface area contributed by atoms with Crippen molar-refractivity contribution in [1.82, 2.24) is 4.98 Å². The third-order valence-electron chi connectivity index (χ3n) is 4.15. The molecule has 7 heteroatoms. The maximum atomic E-state index is 10.8. The Balaban J connectivity index is 1.55. The number of nitrogens with zero attached hydrogens (tertiary/aromatic N) is 2. The molecule has 2 unspecified atom stereocenters. The van der Waals surface area contributed by atoms with Gasteiger partial charge in [0.2, 0.25) is 5.23 Å². The monoisotopic (exact) mass is 335 g/mol. The van der Waals surface area contributed by atoms with Crippen LogP contribution in [-0.4, -0.2) is 39.5 Å². The number of hydrogen-bond donors (Lipinski definition) is 2. The number of aliphatic imine (C=N–C) groups is 1. The molecule has 0 spiro atoms. The number of hydrogen-bond acceptors (Lipinski definition) is 6. The zero-order valence-corrected chi connectivity index (χ0v) is 13.7. The zero-order chi connectivity index (χ0) is 16.2. The second-order valence-corrected chi connectivity index (χ2v) is 6.89. The summed E-state index contributed by atoms with van der Waals surface area (Å²) in [5, 5.41) is 9.63. The Morgan fingerprint density at radius 1 is 1.39 bits per heavy atom. The van der Waals surface area contributed by atoms with E-state index >= 15 is 0 Å². The average molecular weight is 335 g/mol. The van der Waals surface area contributed by atoms with Gasteiger partial charge in [-0.1, -0.05) is 24.2 Å². The molecule has 2 aliphatic rings. The van der Waals surface area contributed by atoms with Crippen LogP contribution in [0.25, 0.3) is 0 Å². The van der Waals surface area contributed by atoms with E-state index in [9.17, 15) is 4.79 Å². The van der Waals surface area contributed by atoms with Crippen molar-refractivity contribution >= 4 is 23.0 Å². The lowest BCUT2D eigenvalue weighted by atomic mass is 9.94. The maximum absolute atomic E-state index is 10.8. The summed E-state index contributed by atoms with van der Waals surface area (Å²) in [6.07, 6.45) is 5.17. The second kappa shape index (κ2) is 7.31. The summed E-state index contributed by atoms with van der Waals surface area (Å²) in [5.41, 5.74) is 7.13. The topological polar surface area (TPSA) is 97.8 Å². The highest BCUT2D eigenvalue weighted by Gasteiger charge is 2.33. The fourth-order valence-corrected chi connectivity index (χ4v) is 3.73. The van der Waals surface area contributed by atoms with E-state index in [1.807, 2.05) is 12.1 Å². The maximum Gasteiger partial charge on any atom is 0.320 e. The van der Waals surface area contributed by atoms with Gasteiger partial charge in [-0.05, 0) is 31.4 Å². The summed E-state index contributed by atoms with van der Waals surface area (Å²) in [7, 11) is 0. The summed E-state index contributed by atoms with van der Waals surface area (Å²) in [5.74, 6) is -0.350. The van der Waals surface area contributed by atoms with Crippen molar-refractivity contribution in [2.45, 2.75) is 56.0 Å². The molecule has 3 N–H and O–H groups in total. The summed E-state index contributed by atoms with van der Waals surface area (Å²) in [4.78, 5) is 19.9. The van der Waals surface area contributed by atoms with Gasteiger partial charge in [0.25, 0.3) is 0 Å². The number of carboxylic acids is 1. The van der Waals surface area contributed by atoms with Crippen LogP contribution in [0, 0.1) is 0 Å². The Morgan fingerprint density at radius 3 is 2.96 bits per heavy atom. The van der Waals surface area contributed by atoms with Crippen LogP contribution in [0.1, 0.15) is 37.1 Å². The Morgan fingerprint density at radius 2 is 2.17 bits per heavy atom. The largest absolute Gasteiger partial charge is 0.480 e. The van der Waals surface area contributed by atoms with Crippen LogP contribution in [0.5, 0.6) is 0 Å². The SMILES string of the molecule is NC(Cc1cccc(CSC2=N[C@@H]3CCCCC3O2)n1)C(=O)O. The number of nitrogens with two attached hydrogens (primary N) is 1. The number of aliphatic carboxylic acids is 1. The molecular weight excluding hydrogens is 314 g/mol. The fraction of sp³-hybridized carbons (Fsp3) is 0.562. The molecule has 3 atom stereocenters. The quantitative estimate of drug-likeness (QED) is 0.854. The molecule has 1 saturated carbocycles. The molecule has 3 rings (SSSR count). The molecule has 124 valence electrons. The molecule has 1 aromatic rings. The molecular formula is C16H21N3O3S. The van der Waals surface area contributed by atoms with Crippen LogP contribution < -0.4 is 5.73 Å². The highest BCUT2D eigenvalue weighted by atomic mass is 32.2. The Labute approximate surface area is 139 Å². The minimum Gasteiger partial charge on any atom is -0.480 e. The summed E-state index contributed by atoms with van der Waals surface area (Å²) < 4.78 is 5.90. The van der Waals surface area contributed by atoms with Crippen molar-refractivity contribution < 1.29 is 14.6 Å². The number of carboxylic acid groups (broad SMARTS) is 1. The van der Waals surface area contributed by atoms with Crippen LogP contribution in [-0.2, 0) is 21.7 Å². The van der Waals surface area contributed by atoms with Crippen molar-refractivity contribution in [2.75, 3.05) is 0 Å². The number of rotatable bonds is 5. The third-order valence-corrected chi connectivity index (χ3v) is 5.03. The Bertz CT molecular complexity index is 608. The van der Waals surface area contributed by atoms with Gasteiger partial charge < -0.3 is 15.6 Å². The van der Waals surface area contributed by atoms with Crippen molar-refractivity contribution in [3.63, 3.8) is 0 Å². The normalized spacial score (nSPS) is 24.5. The lowest BCUT2D eigenvalue weighted by molar-refractivity contribution is -0.138. The Kier molecular flexibility index (Phi) is 5.17. The number of carbonyl (C=O) groups is 1. The van der Waals surface area contributed by atoms with Crippen molar-refractivity contribution in [3.8, 4) is 0 Å². The zero-order valence-electron chi connectivity index (χ0n) is 12.9. The minimum atomic E-state index is -1.01. The van der Waals surface area contributed by atoms with E-state index in [-0.39, 0.29) is 12.5 Å². The average Bonchev–Trinajstić information content (AvgIpc) is 2.96. The molecule has 6 nitrogen and oxygen atoms in total. The molecule has 1 fully saturated rings. The fourth-order valence-electron chi connectivity index (χ4n) is 2.90. The smallest absolute Gasteiger partial charge is 0.320 e. The highest BCUT2D eigenvalue weighted by Crippen LogP contribution is 2.31. The van der Waals surface area contributed by atoms with Crippen LogP contribution >= 0.6 is 11.8 Å². The molecule has 2 heterocycles. The molecule has 0 amide bonds. The van der Waals surface area contributed by atoms with Gasteiger partial charge in [-0.3, -0.25) is 9.78 Å². The van der Waals surface area contributed by atoms with E-state index in [2.05, 4.69) is 9.98 Å². The van der Waals surface area contributed by atoms with Gasteiger partial charge in [0.1, 0.15) is 12.1 Å². The van der Waals surface area contributed by atoms with Gasteiger partial charge in [-0.15, -0.1) is 0 Å². The molecule has 23 heavy (non-hydrogen) atoms. The predicted molar refractivity (Wildman–Crippen MR) is 89.4 cm³/mol. The van der Waals surface area contributed by atoms with E-state index in [0.29, 0.717) is 17.5 Å². The van der Waals surface area contributed by atoms with Gasteiger partial charge >= 0.3 is 5.97 Å². The van der Waals surface area contributed by atoms with Crippen molar-refractivity contribution in [1.29, 1.82) is 0 Å². The van der Waals surface area contributed by atoms with Gasteiger partial charge in [-0.2, -0.15) is 0 Å². The van der Waals surface area contributed by atoms with Crippen LogP contribution in [0.3, 0.4) is 0 Å². The van der Waals surface area contributed by atoms with Gasteiger partial charge in [0.15, 0.2) is 0 Å². The van der Waals surface area contributed by atoms with Gasteiger partial charge in [0, 0.05) is 17.9 Å². The van der Waals surface area contributed by atoms with Crippen molar-refractivity contribution in [3.05, 3.63) is 29.6 Å². The van der Waals surface area contributed by atoms with E-state index in [1.54, 1.807) is 17.8 Å². The first-order valence-electron chi connectivity index (χ1n) is 7.92. The summed E-state index contributed by atoms with van der Waals surface area (Å²) >= 11 is 1.55. The second-order valence-electron chi connectivity index (χ2n) is 5.96. The van der Waals surface area contributed by atoms with Crippen LogP contribution in [0.15, 0.2) is 23.2 Å². The lowest BCUT2D eigenvalue weighted by Crippen LogP contribution is -2.32. The first kappa shape index (κ1) is 16.3.